The fourth-order valence-electron chi connectivity index (χ4n) is 3.21. The Hall–Kier alpha value is -2.67. The van der Waals surface area contributed by atoms with Gasteiger partial charge in [-0.1, -0.05) is 42.0 Å². The molecule has 0 saturated carbocycles. The maximum absolute atomic E-state index is 3.44. The minimum Gasteiger partial charge on any atom is -0.211 e. The molecule has 0 atom stereocenters. The molecular weight excluding hydrogens is 266 g/mol. The number of fused-ring (bicyclic) bond motifs is 3. The van der Waals surface area contributed by atoms with E-state index in [2.05, 4.69) is 79.5 Å². The molecule has 0 unspecified atom stereocenters. The summed E-state index contributed by atoms with van der Waals surface area (Å²) < 4.78 is 0. The zero-order valence-electron chi connectivity index (χ0n) is 12.9. The lowest BCUT2D eigenvalue weighted by atomic mass is 9.95. The Labute approximate surface area is 130 Å². The van der Waals surface area contributed by atoms with Gasteiger partial charge in [0.05, 0.1) is 5.39 Å². The van der Waals surface area contributed by atoms with E-state index in [1.807, 2.05) is 6.20 Å². The highest BCUT2D eigenvalue weighted by atomic mass is 14.7. The molecule has 1 heterocycles. The van der Waals surface area contributed by atoms with Crippen molar-refractivity contribution in [1.82, 2.24) is 0 Å². The Balaban J connectivity index is 2.11. The summed E-state index contributed by atoms with van der Waals surface area (Å²) in [6.07, 6.45) is 2.04. The predicted molar refractivity (Wildman–Crippen MR) is 92.9 cm³/mol. The van der Waals surface area contributed by atoms with Crippen molar-refractivity contribution in [2.75, 3.05) is 0 Å². The fraction of sp³-hybridized carbons (Fsp3) is 0.0952. The summed E-state index contributed by atoms with van der Waals surface area (Å²) in [5.41, 5.74) is 5.01. The number of aromatic amines is 1. The highest BCUT2D eigenvalue weighted by Crippen LogP contribution is 2.32. The van der Waals surface area contributed by atoms with E-state index in [4.69, 9.17) is 0 Å². The molecule has 0 aliphatic heterocycles. The summed E-state index contributed by atoms with van der Waals surface area (Å²) in [5, 5.41) is 5.23. The van der Waals surface area contributed by atoms with Crippen LogP contribution in [0.3, 0.4) is 0 Å². The van der Waals surface area contributed by atoms with Gasteiger partial charge in [-0.3, -0.25) is 0 Å². The highest BCUT2D eigenvalue weighted by molar-refractivity contribution is 6.11. The topological polar surface area (TPSA) is 14.1 Å². The Kier molecular flexibility index (Phi) is 2.93. The lowest BCUT2D eigenvalue weighted by Crippen LogP contribution is -2.06. The van der Waals surface area contributed by atoms with Crippen LogP contribution >= 0.6 is 0 Å². The highest BCUT2D eigenvalue weighted by Gasteiger charge is 2.13. The normalized spacial score (nSPS) is 11.2. The van der Waals surface area contributed by atoms with Gasteiger partial charge in [-0.2, -0.15) is 0 Å². The Morgan fingerprint density at radius 1 is 0.682 bits per heavy atom. The van der Waals surface area contributed by atoms with Crippen LogP contribution in [-0.4, -0.2) is 0 Å². The van der Waals surface area contributed by atoms with Crippen molar-refractivity contribution in [2.45, 2.75) is 13.8 Å². The van der Waals surface area contributed by atoms with Gasteiger partial charge in [-0.25, -0.2) is 4.98 Å². The fourth-order valence-corrected chi connectivity index (χ4v) is 3.21. The van der Waals surface area contributed by atoms with E-state index < -0.39 is 0 Å². The van der Waals surface area contributed by atoms with E-state index in [0.717, 1.165) is 0 Å². The van der Waals surface area contributed by atoms with Crippen molar-refractivity contribution in [3.8, 4) is 11.3 Å². The molecule has 0 saturated heterocycles. The molecule has 0 amide bonds. The van der Waals surface area contributed by atoms with Crippen LogP contribution in [0.1, 0.15) is 11.1 Å². The molecule has 0 spiro atoms. The van der Waals surface area contributed by atoms with Crippen molar-refractivity contribution < 1.29 is 4.98 Å². The van der Waals surface area contributed by atoms with Gasteiger partial charge in [-0.05, 0) is 48.4 Å². The second-order valence-corrected chi connectivity index (χ2v) is 5.92. The average Bonchev–Trinajstić information content (AvgIpc) is 2.56. The van der Waals surface area contributed by atoms with Crippen LogP contribution in [0.15, 0.2) is 66.9 Å². The van der Waals surface area contributed by atoms with Crippen molar-refractivity contribution in [3.05, 3.63) is 78.0 Å². The second-order valence-electron chi connectivity index (χ2n) is 5.92. The van der Waals surface area contributed by atoms with Gasteiger partial charge in [0.15, 0.2) is 6.20 Å². The summed E-state index contributed by atoms with van der Waals surface area (Å²) in [6.45, 7) is 4.31. The molecule has 0 aliphatic carbocycles. The molecule has 0 radical (unpaired) electrons. The summed E-state index contributed by atoms with van der Waals surface area (Å²) in [6, 6.07) is 21.8. The van der Waals surface area contributed by atoms with Gasteiger partial charge in [0.1, 0.15) is 0 Å². The third-order valence-corrected chi connectivity index (χ3v) is 4.38. The summed E-state index contributed by atoms with van der Waals surface area (Å²) >= 11 is 0. The van der Waals surface area contributed by atoms with Gasteiger partial charge < -0.3 is 0 Å². The molecule has 0 aliphatic rings. The molecule has 106 valence electrons. The van der Waals surface area contributed by atoms with Gasteiger partial charge >= 0.3 is 0 Å². The molecule has 1 aromatic heterocycles. The average molecular weight is 284 g/mol. The van der Waals surface area contributed by atoms with Crippen molar-refractivity contribution in [2.24, 2.45) is 0 Å². The number of hydrogen-bond acceptors (Lipinski definition) is 0. The number of nitrogens with one attached hydrogen (secondary N) is 1. The molecule has 3 aromatic carbocycles. The van der Waals surface area contributed by atoms with E-state index >= 15 is 0 Å². The largest absolute Gasteiger partial charge is 0.218 e. The van der Waals surface area contributed by atoms with Crippen LogP contribution in [0.5, 0.6) is 0 Å². The standard InChI is InChI=1S/C21H17N/c1-14-7-9-16(10-8-14)21-20-13-15(2)17-5-3-4-6-18(17)19(20)11-12-22-21/h3-13H,1-2H3/p+1. The van der Waals surface area contributed by atoms with E-state index in [1.165, 1.54) is 43.9 Å². The molecule has 4 rings (SSSR count). The monoisotopic (exact) mass is 284 g/mol. The number of benzene rings is 3. The summed E-state index contributed by atoms with van der Waals surface area (Å²) in [5.74, 6) is 0. The smallest absolute Gasteiger partial charge is 0.211 e. The molecule has 0 fully saturated rings. The molecule has 1 nitrogen and oxygen atoms in total. The van der Waals surface area contributed by atoms with Crippen LogP contribution in [0.2, 0.25) is 0 Å². The number of rotatable bonds is 1. The SMILES string of the molecule is Cc1ccc(-c2[nH+]ccc3c2cc(C)c2ccccc23)cc1. The lowest BCUT2D eigenvalue weighted by molar-refractivity contribution is -0.362. The zero-order valence-corrected chi connectivity index (χ0v) is 12.9. The predicted octanol–water partition coefficient (Wildman–Crippen LogP) is 5.09. The minimum absolute atomic E-state index is 1.19. The van der Waals surface area contributed by atoms with Gasteiger partial charge in [-0.15, -0.1) is 0 Å². The number of aromatic nitrogens is 1. The number of H-pyrrole nitrogens is 1. The second kappa shape index (κ2) is 4.96. The maximum atomic E-state index is 3.44. The van der Waals surface area contributed by atoms with E-state index in [0.29, 0.717) is 0 Å². The van der Waals surface area contributed by atoms with E-state index in [1.54, 1.807) is 0 Å². The zero-order chi connectivity index (χ0) is 15.1. The van der Waals surface area contributed by atoms with E-state index in [9.17, 15) is 0 Å². The first-order valence-electron chi connectivity index (χ1n) is 7.64. The van der Waals surface area contributed by atoms with Gasteiger partial charge in [0.25, 0.3) is 0 Å². The molecule has 0 bridgehead atoms. The van der Waals surface area contributed by atoms with Gasteiger partial charge in [0, 0.05) is 17.0 Å². The molecule has 1 N–H and O–H groups in total. The van der Waals surface area contributed by atoms with Crippen LogP contribution in [0.4, 0.5) is 0 Å². The Morgan fingerprint density at radius 3 is 2.14 bits per heavy atom. The first-order chi connectivity index (χ1) is 10.7. The molecule has 1 heteroatoms. The molecule has 4 aromatic rings. The van der Waals surface area contributed by atoms with Crippen LogP contribution in [-0.2, 0) is 0 Å². The number of aryl methyl sites for hydroxylation is 2. The van der Waals surface area contributed by atoms with E-state index in [-0.39, 0.29) is 0 Å². The summed E-state index contributed by atoms with van der Waals surface area (Å²) in [4.78, 5) is 3.44. The number of hydrogen-bond donors (Lipinski definition) is 0. The van der Waals surface area contributed by atoms with Crippen molar-refractivity contribution in [3.63, 3.8) is 0 Å². The third kappa shape index (κ3) is 1.98. The first-order valence-corrected chi connectivity index (χ1v) is 7.64. The Morgan fingerprint density at radius 2 is 1.36 bits per heavy atom. The minimum atomic E-state index is 1.19. The van der Waals surface area contributed by atoms with Crippen molar-refractivity contribution >= 4 is 21.5 Å². The van der Waals surface area contributed by atoms with Gasteiger partial charge in [0.2, 0.25) is 5.69 Å². The van der Waals surface area contributed by atoms with Crippen molar-refractivity contribution in [1.29, 1.82) is 0 Å². The maximum Gasteiger partial charge on any atom is 0.218 e. The molecule has 22 heavy (non-hydrogen) atoms. The number of pyridine rings is 1. The first kappa shape index (κ1) is 13.0. The Bertz CT molecular complexity index is 982. The van der Waals surface area contributed by atoms with Crippen LogP contribution in [0, 0.1) is 13.8 Å². The lowest BCUT2D eigenvalue weighted by Gasteiger charge is -2.08. The van der Waals surface area contributed by atoms with Crippen LogP contribution < -0.4 is 4.98 Å². The molecular formula is C21H18N+. The summed E-state index contributed by atoms with van der Waals surface area (Å²) in [7, 11) is 0. The quantitative estimate of drug-likeness (QED) is 0.432. The van der Waals surface area contributed by atoms with Crippen LogP contribution in [0.25, 0.3) is 32.8 Å². The third-order valence-electron chi connectivity index (χ3n) is 4.38.